The smallest absolute Gasteiger partial charge is 0.257 e. The van der Waals surface area contributed by atoms with Gasteiger partial charge in [0.05, 0.1) is 40.3 Å². The number of hydrogen-bond acceptors (Lipinski definition) is 7. The minimum absolute atomic E-state index is 0.193. The number of nitrogens with one attached hydrogen (secondary N) is 1. The number of benzene rings is 1. The molecule has 1 aliphatic heterocycles. The van der Waals surface area contributed by atoms with Crippen molar-refractivity contribution in [2.75, 3.05) is 18.4 Å². The van der Waals surface area contributed by atoms with Crippen LogP contribution in [-0.2, 0) is 11.3 Å². The van der Waals surface area contributed by atoms with Crippen LogP contribution in [0.4, 0.5) is 5.13 Å². The third kappa shape index (κ3) is 4.60. The van der Waals surface area contributed by atoms with Crippen LogP contribution in [0.15, 0.2) is 23.6 Å². The average molecular weight is 412 g/mol. The van der Waals surface area contributed by atoms with Crippen molar-refractivity contribution >= 4 is 33.4 Å². The number of fused-ring (bicyclic) bond motifs is 1. The van der Waals surface area contributed by atoms with Crippen LogP contribution in [0.5, 0.6) is 0 Å². The van der Waals surface area contributed by atoms with E-state index in [0.29, 0.717) is 10.7 Å². The number of hydrogen-bond donors (Lipinski definition) is 1. The highest BCUT2D eigenvalue weighted by Crippen LogP contribution is 2.21. The SMILES string of the molecule is Cc1nc2ccc(C(=O)Nc3nc(CN4C[C@@H](C)O[C@@H](C)C4)cs3)cc2nc1C. The minimum atomic E-state index is -0.193. The van der Waals surface area contributed by atoms with Gasteiger partial charge in [0.1, 0.15) is 0 Å². The highest BCUT2D eigenvalue weighted by molar-refractivity contribution is 7.14. The summed E-state index contributed by atoms with van der Waals surface area (Å²) in [5.41, 5.74) is 4.77. The van der Waals surface area contributed by atoms with Crippen molar-refractivity contribution < 1.29 is 9.53 Å². The normalized spacial score (nSPS) is 20.1. The second-order valence-electron chi connectivity index (χ2n) is 7.65. The lowest BCUT2D eigenvalue weighted by Crippen LogP contribution is -2.44. The van der Waals surface area contributed by atoms with Crippen molar-refractivity contribution in [3.05, 3.63) is 46.2 Å². The summed E-state index contributed by atoms with van der Waals surface area (Å²) < 4.78 is 5.78. The van der Waals surface area contributed by atoms with E-state index in [2.05, 4.69) is 39.0 Å². The Morgan fingerprint density at radius 1 is 1.14 bits per heavy atom. The zero-order chi connectivity index (χ0) is 20.5. The maximum atomic E-state index is 12.7. The highest BCUT2D eigenvalue weighted by atomic mass is 32.1. The molecule has 7 nitrogen and oxygen atoms in total. The summed E-state index contributed by atoms with van der Waals surface area (Å²) in [5.74, 6) is -0.193. The quantitative estimate of drug-likeness (QED) is 0.707. The zero-order valence-electron chi connectivity index (χ0n) is 17.1. The molecule has 1 amide bonds. The number of ether oxygens (including phenoxy) is 1. The van der Waals surface area contributed by atoms with Crippen molar-refractivity contribution in [1.29, 1.82) is 0 Å². The minimum Gasteiger partial charge on any atom is -0.373 e. The number of amides is 1. The van der Waals surface area contributed by atoms with Gasteiger partial charge in [-0.05, 0) is 45.9 Å². The Morgan fingerprint density at radius 3 is 2.55 bits per heavy atom. The Kier molecular flexibility index (Phi) is 5.58. The van der Waals surface area contributed by atoms with E-state index in [9.17, 15) is 4.79 Å². The first kappa shape index (κ1) is 19.9. The number of aryl methyl sites for hydroxylation is 2. The van der Waals surface area contributed by atoms with Gasteiger partial charge in [-0.2, -0.15) is 0 Å². The summed E-state index contributed by atoms with van der Waals surface area (Å²) >= 11 is 1.44. The molecule has 29 heavy (non-hydrogen) atoms. The summed E-state index contributed by atoms with van der Waals surface area (Å²) in [5, 5.41) is 5.50. The van der Waals surface area contributed by atoms with Crippen molar-refractivity contribution in [2.45, 2.75) is 46.4 Å². The summed E-state index contributed by atoms with van der Waals surface area (Å²) in [6.45, 7) is 10.6. The molecule has 3 aromatic rings. The molecule has 0 saturated carbocycles. The lowest BCUT2D eigenvalue weighted by Gasteiger charge is -2.34. The monoisotopic (exact) mass is 411 g/mol. The van der Waals surface area contributed by atoms with E-state index in [1.165, 1.54) is 11.3 Å². The largest absolute Gasteiger partial charge is 0.373 e. The molecule has 0 bridgehead atoms. The Hall–Kier alpha value is -2.42. The van der Waals surface area contributed by atoms with Gasteiger partial charge in [-0.15, -0.1) is 11.3 Å². The first-order valence-corrected chi connectivity index (χ1v) is 10.6. The van der Waals surface area contributed by atoms with Crippen LogP contribution in [0.2, 0.25) is 0 Å². The maximum absolute atomic E-state index is 12.7. The van der Waals surface area contributed by atoms with E-state index in [1.807, 2.05) is 25.3 Å². The summed E-state index contributed by atoms with van der Waals surface area (Å²) in [6.07, 6.45) is 0.444. The van der Waals surface area contributed by atoms with Crippen molar-refractivity contribution in [3.8, 4) is 0 Å². The first-order valence-electron chi connectivity index (χ1n) is 9.76. The number of aromatic nitrogens is 3. The number of carbonyl (C=O) groups is 1. The van der Waals surface area contributed by atoms with Crippen LogP contribution in [0.25, 0.3) is 11.0 Å². The first-order chi connectivity index (χ1) is 13.9. The fraction of sp³-hybridized carbons (Fsp3) is 0.429. The van der Waals surface area contributed by atoms with Gasteiger partial charge in [0, 0.05) is 30.6 Å². The highest BCUT2D eigenvalue weighted by Gasteiger charge is 2.23. The van der Waals surface area contributed by atoms with E-state index >= 15 is 0 Å². The van der Waals surface area contributed by atoms with Gasteiger partial charge < -0.3 is 4.74 Å². The maximum Gasteiger partial charge on any atom is 0.257 e. The molecule has 2 aromatic heterocycles. The molecule has 1 aliphatic rings. The van der Waals surface area contributed by atoms with Crippen molar-refractivity contribution in [3.63, 3.8) is 0 Å². The fourth-order valence-electron chi connectivity index (χ4n) is 3.62. The predicted molar refractivity (Wildman–Crippen MR) is 114 cm³/mol. The third-order valence-corrected chi connectivity index (χ3v) is 5.80. The average Bonchev–Trinajstić information content (AvgIpc) is 3.08. The Morgan fingerprint density at radius 2 is 1.83 bits per heavy atom. The van der Waals surface area contributed by atoms with Crippen LogP contribution >= 0.6 is 11.3 Å². The molecule has 152 valence electrons. The van der Waals surface area contributed by atoms with Crippen molar-refractivity contribution in [1.82, 2.24) is 19.9 Å². The zero-order valence-corrected chi connectivity index (χ0v) is 17.9. The van der Waals surface area contributed by atoms with Crippen LogP contribution in [0, 0.1) is 13.8 Å². The predicted octanol–water partition coefficient (Wildman–Crippen LogP) is 3.56. The topological polar surface area (TPSA) is 80.2 Å². The number of anilines is 1. The standard InChI is InChI=1S/C21H25N5O2S/c1-12-8-26(9-13(2)28-12)10-17-11-29-21(24-17)25-20(27)16-5-6-18-19(7-16)23-15(4)14(3)22-18/h5-7,11-13H,8-10H2,1-4H3,(H,24,25,27)/t12-,13+. The Bertz CT molecular complexity index is 1040. The summed E-state index contributed by atoms with van der Waals surface area (Å²) in [7, 11) is 0. The molecule has 0 aliphatic carbocycles. The van der Waals surface area contributed by atoms with Crippen LogP contribution < -0.4 is 5.32 Å². The molecular formula is C21H25N5O2S. The Balaban J connectivity index is 1.44. The second-order valence-corrected chi connectivity index (χ2v) is 8.51. The van der Waals surface area contributed by atoms with Gasteiger partial charge in [0.15, 0.2) is 5.13 Å². The molecule has 4 rings (SSSR count). The molecule has 2 atom stereocenters. The van der Waals surface area contributed by atoms with Crippen LogP contribution in [0.1, 0.15) is 41.3 Å². The lowest BCUT2D eigenvalue weighted by atomic mass is 10.1. The molecule has 1 N–H and O–H groups in total. The van der Waals surface area contributed by atoms with E-state index in [4.69, 9.17) is 4.74 Å². The van der Waals surface area contributed by atoms with E-state index < -0.39 is 0 Å². The van der Waals surface area contributed by atoms with Crippen LogP contribution in [-0.4, -0.2) is 51.1 Å². The van der Waals surface area contributed by atoms with E-state index in [-0.39, 0.29) is 18.1 Å². The molecule has 0 unspecified atom stereocenters. The summed E-state index contributed by atoms with van der Waals surface area (Å²) in [6, 6.07) is 5.37. The summed E-state index contributed by atoms with van der Waals surface area (Å²) in [4.78, 5) is 28.6. The van der Waals surface area contributed by atoms with Gasteiger partial charge in [-0.1, -0.05) is 0 Å². The van der Waals surface area contributed by atoms with Gasteiger partial charge in [0.2, 0.25) is 0 Å². The van der Waals surface area contributed by atoms with Gasteiger partial charge >= 0.3 is 0 Å². The number of rotatable bonds is 4. The molecular weight excluding hydrogens is 386 g/mol. The molecule has 8 heteroatoms. The molecule has 0 spiro atoms. The molecule has 3 heterocycles. The lowest BCUT2D eigenvalue weighted by molar-refractivity contribution is -0.0707. The number of thiazole rings is 1. The molecule has 1 fully saturated rings. The molecule has 1 aromatic carbocycles. The van der Waals surface area contributed by atoms with E-state index in [1.54, 1.807) is 12.1 Å². The van der Waals surface area contributed by atoms with E-state index in [0.717, 1.165) is 47.7 Å². The number of nitrogens with zero attached hydrogens (tertiary/aromatic N) is 4. The molecule has 0 radical (unpaired) electrons. The molecule has 1 saturated heterocycles. The number of morpholine rings is 1. The number of carbonyl (C=O) groups excluding carboxylic acids is 1. The Labute approximate surface area is 174 Å². The fourth-order valence-corrected chi connectivity index (χ4v) is 4.32. The second kappa shape index (κ2) is 8.14. The van der Waals surface area contributed by atoms with Crippen molar-refractivity contribution in [2.24, 2.45) is 0 Å². The van der Waals surface area contributed by atoms with Gasteiger partial charge in [-0.25, -0.2) is 15.0 Å². The van der Waals surface area contributed by atoms with Crippen LogP contribution in [0.3, 0.4) is 0 Å². The third-order valence-electron chi connectivity index (χ3n) is 4.99. The van der Waals surface area contributed by atoms with Gasteiger partial charge in [0.25, 0.3) is 5.91 Å². The van der Waals surface area contributed by atoms with Gasteiger partial charge in [-0.3, -0.25) is 15.0 Å².